The molecular formula is C21H23N5O3. The number of amides is 1. The number of pyridine rings is 2. The molecule has 3 aromatic heterocycles. The van der Waals surface area contributed by atoms with Crippen molar-refractivity contribution >= 4 is 5.91 Å². The molecule has 0 bridgehead atoms. The fourth-order valence-electron chi connectivity index (χ4n) is 3.82. The Hall–Kier alpha value is -3.13. The van der Waals surface area contributed by atoms with E-state index in [0.717, 1.165) is 18.4 Å². The lowest BCUT2D eigenvalue weighted by Gasteiger charge is -2.40. The summed E-state index contributed by atoms with van der Waals surface area (Å²) in [5, 5.41) is 4.29. The second-order valence-electron chi connectivity index (χ2n) is 7.26. The molecule has 0 radical (unpaired) electrons. The second kappa shape index (κ2) is 8.48. The van der Waals surface area contributed by atoms with Crippen LogP contribution < -0.4 is 0 Å². The van der Waals surface area contributed by atoms with E-state index in [4.69, 9.17) is 9.26 Å². The van der Waals surface area contributed by atoms with Crippen molar-refractivity contribution in [3.63, 3.8) is 0 Å². The van der Waals surface area contributed by atoms with Crippen LogP contribution in [0.3, 0.4) is 0 Å². The highest BCUT2D eigenvalue weighted by molar-refractivity contribution is 5.94. The van der Waals surface area contributed by atoms with Crippen LogP contribution in [0.1, 0.15) is 35.4 Å². The second-order valence-corrected chi connectivity index (χ2v) is 7.26. The topological polar surface area (TPSA) is 94.2 Å². The minimum absolute atomic E-state index is 0.0319. The van der Waals surface area contributed by atoms with E-state index < -0.39 is 5.41 Å². The van der Waals surface area contributed by atoms with Crippen LogP contribution in [0.2, 0.25) is 0 Å². The standard InChI is InChI=1S/C21H23N5O3/c1-28-12-8-21(20-24-18(29-25-20)16-5-2-9-22-13-16)7-4-11-26(15-21)19(27)17-6-3-10-23-14-17/h2-3,5-6,9-10,13-14H,4,7-8,11-12,15H2,1H3. The lowest BCUT2D eigenvalue weighted by molar-refractivity contribution is 0.0566. The van der Waals surface area contributed by atoms with E-state index in [-0.39, 0.29) is 5.91 Å². The number of hydrogen-bond acceptors (Lipinski definition) is 7. The van der Waals surface area contributed by atoms with Gasteiger partial charge in [-0.15, -0.1) is 0 Å². The van der Waals surface area contributed by atoms with Crippen molar-refractivity contribution in [1.29, 1.82) is 0 Å². The van der Waals surface area contributed by atoms with Gasteiger partial charge in [0.25, 0.3) is 11.8 Å². The number of methoxy groups -OCH3 is 1. The van der Waals surface area contributed by atoms with Crippen molar-refractivity contribution in [3.8, 4) is 11.5 Å². The molecule has 1 saturated heterocycles. The molecule has 1 aliphatic heterocycles. The highest BCUT2D eigenvalue weighted by Crippen LogP contribution is 2.37. The van der Waals surface area contributed by atoms with Crippen LogP contribution in [0.4, 0.5) is 0 Å². The first-order chi connectivity index (χ1) is 14.2. The first kappa shape index (κ1) is 19.2. The minimum atomic E-state index is -0.421. The summed E-state index contributed by atoms with van der Waals surface area (Å²) in [6.07, 6.45) is 9.07. The number of piperidine rings is 1. The first-order valence-electron chi connectivity index (χ1n) is 9.65. The molecule has 1 amide bonds. The number of aromatic nitrogens is 4. The van der Waals surface area contributed by atoms with Gasteiger partial charge in [0, 0.05) is 51.6 Å². The van der Waals surface area contributed by atoms with Crippen molar-refractivity contribution in [2.75, 3.05) is 26.8 Å². The molecule has 1 fully saturated rings. The number of carbonyl (C=O) groups excluding carboxylic acids is 1. The van der Waals surface area contributed by atoms with Crippen molar-refractivity contribution < 1.29 is 14.1 Å². The van der Waals surface area contributed by atoms with Gasteiger partial charge >= 0.3 is 0 Å². The third-order valence-corrected chi connectivity index (χ3v) is 5.37. The van der Waals surface area contributed by atoms with Crippen LogP contribution in [0.25, 0.3) is 11.5 Å². The Kier molecular flexibility index (Phi) is 5.62. The molecule has 0 spiro atoms. The summed E-state index contributed by atoms with van der Waals surface area (Å²) in [5.41, 5.74) is 0.933. The minimum Gasteiger partial charge on any atom is -0.385 e. The lowest BCUT2D eigenvalue weighted by atomic mass is 9.76. The number of carbonyl (C=O) groups is 1. The Balaban J connectivity index is 1.63. The van der Waals surface area contributed by atoms with E-state index in [1.54, 1.807) is 44.0 Å². The Morgan fingerprint density at radius 1 is 1.24 bits per heavy atom. The van der Waals surface area contributed by atoms with Gasteiger partial charge in [0.15, 0.2) is 5.82 Å². The van der Waals surface area contributed by atoms with Crippen LogP contribution in [0, 0.1) is 0 Å². The fourth-order valence-corrected chi connectivity index (χ4v) is 3.82. The van der Waals surface area contributed by atoms with Crippen LogP contribution in [0.15, 0.2) is 53.6 Å². The summed E-state index contributed by atoms with van der Waals surface area (Å²) >= 11 is 0. The average Bonchev–Trinajstić information content (AvgIpc) is 3.30. The Morgan fingerprint density at radius 2 is 2.07 bits per heavy atom. The molecule has 29 heavy (non-hydrogen) atoms. The van der Waals surface area contributed by atoms with Gasteiger partial charge in [-0.2, -0.15) is 4.98 Å². The molecular weight excluding hydrogens is 370 g/mol. The van der Waals surface area contributed by atoms with E-state index in [0.29, 0.717) is 43.4 Å². The molecule has 8 nitrogen and oxygen atoms in total. The zero-order valence-corrected chi connectivity index (χ0v) is 16.3. The van der Waals surface area contributed by atoms with Gasteiger partial charge in [0.05, 0.1) is 16.5 Å². The molecule has 0 aromatic carbocycles. The smallest absolute Gasteiger partial charge is 0.259 e. The fraction of sp³-hybridized carbons (Fsp3) is 0.381. The zero-order chi connectivity index (χ0) is 20.1. The quantitative estimate of drug-likeness (QED) is 0.635. The summed E-state index contributed by atoms with van der Waals surface area (Å²) in [7, 11) is 1.67. The monoisotopic (exact) mass is 393 g/mol. The lowest BCUT2D eigenvalue weighted by Crippen LogP contribution is -2.49. The number of hydrogen-bond donors (Lipinski definition) is 0. The third kappa shape index (κ3) is 4.02. The van der Waals surface area contributed by atoms with Crippen molar-refractivity contribution in [2.45, 2.75) is 24.7 Å². The van der Waals surface area contributed by atoms with Crippen molar-refractivity contribution in [3.05, 3.63) is 60.4 Å². The Bertz CT molecular complexity index is 947. The summed E-state index contributed by atoms with van der Waals surface area (Å²) in [6, 6.07) is 7.27. The Labute approximate surface area is 168 Å². The molecule has 3 aromatic rings. The zero-order valence-electron chi connectivity index (χ0n) is 16.3. The molecule has 8 heteroatoms. The van der Waals surface area contributed by atoms with E-state index in [1.807, 2.05) is 17.0 Å². The molecule has 1 atom stereocenters. The number of ether oxygens (including phenoxy) is 1. The SMILES string of the molecule is COCCC1(c2noc(-c3cccnc3)n2)CCCN(C(=O)c2cccnc2)C1. The van der Waals surface area contributed by atoms with Gasteiger partial charge in [0.2, 0.25) is 0 Å². The van der Waals surface area contributed by atoms with Gasteiger partial charge in [0.1, 0.15) is 0 Å². The summed E-state index contributed by atoms with van der Waals surface area (Å²) in [6.45, 7) is 1.75. The van der Waals surface area contributed by atoms with Gasteiger partial charge in [-0.25, -0.2) is 0 Å². The predicted octanol–water partition coefficient (Wildman–Crippen LogP) is 2.74. The predicted molar refractivity (Wildman–Crippen MR) is 105 cm³/mol. The van der Waals surface area contributed by atoms with Crippen molar-refractivity contribution in [2.24, 2.45) is 0 Å². The van der Waals surface area contributed by atoms with E-state index in [1.165, 1.54) is 0 Å². The average molecular weight is 393 g/mol. The van der Waals surface area contributed by atoms with Gasteiger partial charge in [-0.3, -0.25) is 14.8 Å². The molecule has 0 saturated carbocycles. The van der Waals surface area contributed by atoms with Crippen LogP contribution in [-0.2, 0) is 10.2 Å². The molecule has 4 rings (SSSR count). The Morgan fingerprint density at radius 3 is 2.79 bits per heavy atom. The molecule has 4 heterocycles. The molecule has 150 valence electrons. The highest BCUT2D eigenvalue weighted by atomic mass is 16.5. The largest absolute Gasteiger partial charge is 0.385 e. The molecule has 1 unspecified atom stereocenters. The van der Waals surface area contributed by atoms with E-state index in [2.05, 4.69) is 20.1 Å². The molecule has 0 aliphatic carbocycles. The normalized spacial score (nSPS) is 19.3. The third-order valence-electron chi connectivity index (χ3n) is 5.37. The van der Waals surface area contributed by atoms with Crippen LogP contribution in [-0.4, -0.2) is 57.7 Å². The summed E-state index contributed by atoms with van der Waals surface area (Å²) in [4.78, 5) is 27.7. The maximum atomic E-state index is 13.0. The summed E-state index contributed by atoms with van der Waals surface area (Å²) in [5.74, 6) is 1.01. The summed E-state index contributed by atoms with van der Waals surface area (Å²) < 4.78 is 10.9. The number of likely N-dealkylation sites (tertiary alicyclic amines) is 1. The molecule has 1 aliphatic rings. The van der Waals surface area contributed by atoms with E-state index >= 15 is 0 Å². The van der Waals surface area contributed by atoms with Gasteiger partial charge in [-0.05, 0) is 43.5 Å². The van der Waals surface area contributed by atoms with Crippen LogP contribution in [0.5, 0.6) is 0 Å². The maximum absolute atomic E-state index is 13.0. The van der Waals surface area contributed by atoms with Crippen LogP contribution >= 0.6 is 0 Å². The van der Waals surface area contributed by atoms with E-state index in [9.17, 15) is 4.79 Å². The maximum Gasteiger partial charge on any atom is 0.259 e. The van der Waals surface area contributed by atoms with Gasteiger partial charge in [-0.1, -0.05) is 5.16 Å². The number of rotatable bonds is 6. The van der Waals surface area contributed by atoms with Crippen molar-refractivity contribution in [1.82, 2.24) is 25.0 Å². The van der Waals surface area contributed by atoms with Gasteiger partial charge < -0.3 is 14.2 Å². The molecule has 0 N–H and O–H groups in total. The highest BCUT2D eigenvalue weighted by Gasteiger charge is 2.42. The first-order valence-corrected chi connectivity index (χ1v) is 9.65. The number of nitrogens with zero attached hydrogens (tertiary/aromatic N) is 5.